The Hall–Kier alpha value is -2.33. The molecule has 1 amide bonds. The lowest BCUT2D eigenvalue weighted by atomic mass is 10.1. The Balaban J connectivity index is 1.77. The molecule has 3 rings (SSSR count). The lowest BCUT2D eigenvalue weighted by Gasteiger charge is -2.06. The van der Waals surface area contributed by atoms with Gasteiger partial charge in [0, 0.05) is 10.9 Å². The van der Waals surface area contributed by atoms with E-state index in [9.17, 15) is 9.18 Å². The highest BCUT2D eigenvalue weighted by Crippen LogP contribution is 2.25. The third-order valence-corrected chi connectivity index (χ3v) is 4.00. The van der Waals surface area contributed by atoms with Crippen LogP contribution in [-0.2, 0) is 17.6 Å². The number of carbonyl (C=O) groups is 1. The van der Waals surface area contributed by atoms with Crippen molar-refractivity contribution in [3.05, 3.63) is 64.6 Å². The van der Waals surface area contributed by atoms with Crippen molar-refractivity contribution in [2.75, 3.05) is 5.32 Å². The molecule has 0 bridgehead atoms. The Morgan fingerprint density at radius 2 is 2.09 bits per heavy atom. The van der Waals surface area contributed by atoms with E-state index in [0.717, 1.165) is 29.0 Å². The number of amides is 1. The van der Waals surface area contributed by atoms with Crippen LogP contribution in [0, 0.1) is 5.82 Å². The highest BCUT2D eigenvalue weighted by atomic mass is 35.5. The van der Waals surface area contributed by atoms with Crippen LogP contribution in [0.25, 0.3) is 11.0 Å². The van der Waals surface area contributed by atoms with E-state index >= 15 is 0 Å². The van der Waals surface area contributed by atoms with E-state index in [4.69, 9.17) is 16.0 Å². The molecule has 0 aliphatic heterocycles. The van der Waals surface area contributed by atoms with Crippen LogP contribution < -0.4 is 5.32 Å². The molecule has 0 aliphatic carbocycles. The molecule has 5 heteroatoms. The number of rotatable bonds is 4. The fourth-order valence-electron chi connectivity index (χ4n) is 2.44. The minimum Gasteiger partial charge on any atom is -0.464 e. The predicted molar refractivity (Wildman–Crippen MR) is 89.3 cm³/mol. The number of aryl methyl sites for hydroxylation is 1. The average molecular weight is 332 g/mol. The molecule has 0 atom stereocenters. The highest BCUT2D eigenvalue weighted by molar-refractivity contribution is 6.33. The first-order chi connectivity index (χ1) is 11.1. The Bertz CT molecular complexity index is 873. The molecule has 3 aromatic rings. The van der Waals surface area contributed by atoms with Crippen LogP contribution in [0.1, 0.15) is 18.1 Å². The van der Waals surface area contributed by atoms with Gasteiger partial charge in [0.05, 0.1) is 23.4 Å². The third-order valence-electron chi connectivity index (χ3n) is 3.68. The van der Waals surface area contributed by atoms with E-state index in [-0.39, 0.29) is 17.4 Å². The summed E-state index contributed by atoms with van der Waals surface area (Å²) in [6, 6.07) is 9.82. The number of fused-ring (bicyclic) bond motifs is 1. The molecule has 1 N–H and O–H groups in total. The Morgan fingerprint density at radius 3 is 2.83 bits per heavy atom. The minimum absolute atomic E-state index is 0.159. The average Bonchev–Trinajstić information content (AvgIpc) is 2.92. The number of benzene rings is 2. The van der Waals surface area contributed by atoms with Gasteiger partial charge >= 0.3 is 0 Å². The van der Waals surface area contributed by atoms with Crippen LogP contribution in [0.3, 0.4) is 0 Å². The quantitative estimate of drug-likeness (QED) is 0.733. The molecule has 0 saturated carbocycles. The van der Waals surface area contributed by atoms with Crippen LogP contribution in [0.2, 0.25) is 5.02 Å². The van der Waals surface area contributed by atoms with E-state index in [0.29, 0.717) is 5.69 Å². The second-order valence-corrected chi connectivity index (χ2v) is 5.70. The maximum atomic E-state index is 13.0. The number of carbonyl (C=O) groups excluding carboxylic acids is 1. The van der Waals surface area contributed by atoms with Crippen LogP contribution in [0.4, 0.5) is 10.1 Å². The van der Waals surface area contributed by atoms with Gasteiger partial charge in [-0.05, 0) is 36.2 Å². The number of hydrogen-bond donors (Lipinski definition) is 1. The van der Waals surface area contributed by atoms with Gasteiger partial charge in [0.15, 0.2) is 0 Å². The fourth-order valence-corrected chi connectivity index (χ4v) is 2.66. The SMILES string of the molecule is CCc1ccc2c(CC(=O)Nc3ccc(F)cc3Cl)coc2c1. The van der Waals surface area contributed by atoms with Gasteiger partial charge in [-0.1, -0.05) is 30.7 Å². The van der Waals surface area contributed by atoms with E-state index < -0.39 is 5.82 Å². The summed E-state index contributed by atoms with van der Waals surface area (Å²) in [6.07, 6.45) is 2.68. The molecule has 0 fully saturated rings. The van der Waals surface area contributed by atoms with Gasteiger partial charge in [-0.2, -0.15) is 0 Å². The Morgan fingerprint density at radius 1 is 1.26 bits per heavy atom. The lowest BCUT2D eigenvalue weighted by Crippen LogP contribution is -2.14. The summed E-state index contributed by atoms with van der Waals surface area (Å²) in [5.41, 5.74) is 3.14. The summed E-state index contributed by atoms with van der Waals surface area (Å²) in [5, 5.41) is 3.77. The summed E-state index contributed by atoms with van der Waals surface area (Å²) in [4.78, 5) is 12.2. The largest absolute Gasteiger partial charge is 0.464 e. The van der Waals surface area contributed by atoms with Crippen molar-refractivity contribution in [2.45, 2.75) is 19.8 Å². The number of furan rings is 1. The molecule has 1 aromatic heterocycles. The van der Waals surface area contributed by atoms with E-state index in [1.807, 2.05) is 18.2 Å². The van der Waals surface area contributed by atoms with Gasteiger partial charge < -0.3 is 9.73 Å². The number of nitrogens with one attached hydrogen (secondary N) is 1. The van der Waals surface area contributed by atoms with E-state index in [1.54, 1.807) is 6.26 Å². The Labute approximate surface area is 138 Å². The van der Waals surface area contributed by atoms with Gasteiger partial charge in [-0.15, -0.1) is 0 Å². The smallest absolute Gasteiger partial charge is 0.228 e. The summed E-state index contributed by atoms with van der Waals surface area (Å²) in [7, 11) is 0. The molecule has 23 heavy (non-hydrogen) atoms. The molecule has 118 valence electrons. The van der Waals surface area contributed by atoms with Gasteiger partial charge in [-0.3, -0.25) is 4.79 Å². The van der Waals surface area contributed by atoms with Crippen LogP contribution in [-0.4, -0.2) is 5.91 Å². The topological polar surface area (TPSA) is 42.2 Å². The molecule has 3 nitrogen and oxygen atoms in total. The zero-order valence-electron chi connectivity index (χ0n) is 12.5. The molecule has 0 unspecified atom stereocenters. The van der Waals surface area contributed by atoms with Crippen molar-refractivity contribution in [1.82, 2.24) is 0 Å². The Kier molecular flexibility index (Phi) is 4.35. The molecule has 2 aromatic carbocycles. The van der Waals surface area contributed by atoms with Gasteiger partial charge in [0.25, 0.3) is 0 Å². The first-order valence-electron chi connectivity index (χ1n) is 7.30. The zero-order chi connectivity index (χ0) is 16.4. The number of anilines is 1. The zero-order valence-corrected chi connectivity index (χ0v) is 13.3. The molecular weight excluding hydrogens is 317 g/mol. The van der Waals surface area contributed by atoms with Crippen LogP contribution >= 0.6 is 11.6 Å². The molecule has 0 saturated heterocycles. The second kappa shape index (κ2) is 6.42. The summed E-state index contributed by atoms with van der Waals surface area (Å²) >= 11 is 5.91. The fraction of sp³-hybridized carbons (Fsp3) is 0.167. The minimum atomic E-state index is -0.444. The summed E-state index contributed by atoms with van der Waals surface area (Å²) < 4.78 is 18.5. The maximum absolute atomic E-state index is 13.0. The van der Waals surface area contributed by atoms with Crippen LogP contribution in [0.5, 0.6) is 0 Å². The molecular formula is C18H15ClFNO2. The number of halogens is 2. The van der Waals surface area contributed by atoms with Crippen molar-refractivity contribution in [1.29, 1.82) is 0 Å². The van der Waals surface area contributed by atoms with Crippen molar-refractivity contribution in [3.8, 4) is 0 Å². The van der Waals surface area contributed by atoms with Crippen LogP contribution in [0.15, 0.2) is 47.1 Å². The maximum Gasteiger partial charge on any atom is 0.228 e. The summed E-state index contributed by atoms with van der Waals surface area (Å²) in [5.74, 6) is -0.679. The normalized spacial score (nSPS) is 10.9. The first-order valence-corrected chi connectivity index (χ1v) is 7.68. The number of hydrogen-bond acceptors (Lipinski definition) is 2. The third kappa shape index (κ3) is 3.37. The molecule has 0 radical (unpaired) electrons. The van der Waals surface area contributed by atoms with Crippen molar-refractivity contribution >= 4 is 34.2 Å². The predicted octanol–water partition coefficient (Wildman–Crippen LogP) is 4.97. The van der Waals surface area contributed by atoms with Crippen molar-refractivity contribution in [3.63, 3.8) is 0 Å². The van der Waals surface area contributed by atoms with Crippen molar-refractivity contribution < 1.29 is 13.6 Å². The van der Waals surface area contributed by atoms with E-state index in [2.05, 4.69) is 12.2 Å². The first kappa shape index (κ1) is 15.6. The molecule has 0 spiro atoms. The van der Waals surface area contributed by atoms with Gasteiger partial charge in [-0.25, -0.2) is 4.39 Å². The van der Waals surface area contributed by atoms with Crippen molar-refractivity contribution in [2.24, 2.45) is 0 Å². The molecule has 1 heterocycles. The molecule has 0 aliphatic rings. The van der Waals surface area contributed by atoms with E-state index in [1.165, 1.54) is 17.7 Å². The standard InChI is InChI=1S/C18H15ClFNO2/c1-2-11-3-5-14-12(10-23-17(14)7-11)8-18(22)21-16-6-4-13(20)9-15(16)19/h3-7,9-10H,2,8H2,1H3,(H,21,22). The van der Waals surface area contributed by atoms with Gasteiger partial charge in [0.1, 0.15) is 11.4 Å². The summed E-state index contributed by atoms with van der Waals surface area (Å²) in [6.45, 7) is 2.07. The monoisotopic (exact) mass is 331 g/mol. The lowest BCUT2D eigenvalue weighted by molar-refractivity contribution is -0.115. The highest BCUT2D eigenvalue weighted by Gasteiger charge is 2.12. The second-order valence-electron chi connectivity index (χ2n) is 5.29. The van der Waals surface area contributed by atoms with Gasteiger partial charge in [0.2, 0.25) is 5.91 Å².